The van der Waals surface area contributed by atoms with E-state index in [2.05, 4.69) is 29.8 Å². The Labute approximate surface area is 133 Å². The van der Waals surface area contributed by atoms with E-state index < -0.39 is 0 Å². The summed E-state index contributed by atoms with van der Waals surface area (Å²) >= 11 is 7.97. The molecule has 0 fully saturated rings. The number of ether oxygens (including phenoxy) is 2. The van der Waals surface area contributed by atoms with E-state index in [-0.39, 0.29) is 0 Å². The van der Waals surface area contributed by atoms with Crippen molar-refractivity contribution < 1.29 is 9.47 Å². The predicted molar refractivity (Wildman–Crippen MR) is 88.0 cm³/mol. The van der Waals surface area contributed by atoms with Gasteiger partial charge in [0.2, 0.25) is 0 Å². The van der Waals surface area contributed by atoms with Gasteiger partial charge < -0.3 is 14.8 Å². The zero-order valence-electron chi connectivity index (χ0n) is 11.7. The van der Waals surface area contributed by atoms with Crippen LogP contribution in [0.15, 0.2) is 41.3 Å². The first-order valence-corrected chi connectivity index (χ1v) is 8.32. The maximum absolute atomic E-state index is 6.24. The molecule has 0 spiro atoms. The van der Waals surface area contributed by atoms with Gasteiger partial charge in [-0.15, -0.1) is 11.8 Å². The van der Waals surface area contributed by atoms with Gasteiger partial charge in [0.15, 0.2) is 11.5 Å². The predicted octanol–water partition coefficient (Wildman–Crippen LogP) is 4.45. The number of thioether (sulfide) groups is 1. The Morgan fingerprint density at radius 3 is 2.90 bits per heavy atom. The van der Waals surface area contributed by atoms with Crippen molar-refractivity contribution in [3.8, 4) is 11.5 Å². The lowest BCUT2D eigenvalue weighted by molar-refractivity contribution is 0.171. The van der Waals surface area contributed by atoms with Crippen LogP contribution in [0, 0.1) is 0 Å². The highest BCUT2D eigenvalue weighted by atomic mass is 35.5. The summed E-state index contributed by atoms with van der Waals surface area (Å²) in [6.07, 6.45) is 2.07. The number of benzene rings is 2. The first-order chi connectivity index (χ1) is 10.3. The normalized spacial score (nSPS) is 13.0. The fourth-order valence-corrected chi connectivity index (χ4v) is 2.95. The van der Waals surface area contributed by atoms with Gasteiger partial charge in [0, 0.05) is 17.1 Å². The average molecular weight is 322 g/mol. The molecule has 3 rings (SSSR count). The van der Waals surface area contributed by atoms with E-state index in [1.54, 1.807) is 11.8 Å². The molecule has 0 saturated heterocycles. The van der Waals surface area contributed by atoms with Crippen LogP contribution in [0.3, 0.4) is 0 Å². The summed E-state index contributed by atoms with van der Waals surface area (Å²) in [6, 6.07) is 12.2. The third-order valence-corrected chi connectivity index (χ3v) is 4.23. The highest BCUT2D eigenvalue weighted by molar-refractivity contribution is 7.98. The van der Waals surface area contributed by atoms with Crippen molar-refractivity contribution in [3.05, 3.63) is 47.0 Å². The molecule has 0 radical (unpaired) electrons. The summed E-state index contributed by atoms with van der Waals surface area (Å²) in [5.74, 6) is 1.37. The molecule has 3 nitrogen and oxygen atoms in total. The molecule has 0 aliphatic carbocycles. The fraction of sp³-hybridized carbons (Fsp3) is 0.250. The Hall–Kier alpha value is -1.52. The molecule has 0 bridgehead atoms. The zero-order chi connectivity index (χ0) is 14.7. The van der Waals surface area contributed by atoms with Crippen LogP contribution in [0.25, 0.3) is 0 Å². The maximum atomic E-state index is 6.24. The van der Waals surface area contributed by atoms with Crippen molar-refractivity contribution in [1.82, 2.24) is 0 Å². The third kappa shape index (κ3) is 3.39. The number of nitrogens with one attached hydrogen (secondary N) is 1. The Morgan fingerprint density at radius 1 is 1.19 bits per heavy atom. The van der Waals surface area contributed by atoms with Crippen LogP contribution in [-0.4, -0.2) is 19.5 Å². The Balaban J connectivity index is 1.74. The van der Waals surface area contributed by atoms with Crippen LogP contribution in [0.1, 0.15) is 5.56 Å². The van der Waals surface area contributed by atoms with Crippen molar-refractivity contribution in [1.29, 1.82) is 0 Å². The van der Waals surface area contributed by atoms with Crippen molar-refractivity contribution >= 4 is 29.1 Å². The number of halogens is 1. The van der Waals surface area contributed by atoms with Crippen LogP contribution in [-0.2, 0) is 6.54 Å². The molecule has 1 aliphatic rings. The topological polar surface area (TPSA) is 30.5 Å². The first kappa shape index (κ1) is 14.4. The van der Waals surface area contributed by atoms with E-state index in [0.29, 0.717) is 30.5 Å². The summed E-state index contributed by atoms with van der Waals surface area (Å²) < 4.78 is 11.1. The lowest BCUT2D eigenvalue weighted by Gasteiger charge is -2.20. The number of fused-ring (bicyclic) bond motifs is 1. The second-order valence-corrected chi connectivity index (χ2v) is 5.97. The zero-order valence-corrected chi connectivity index (χ0v) is 13.3. The first-order valence-electron chi connectivity index (χ1n) is 6.72. The molecule has 5 heteroatoms. The van der Waals surface area contributed by atoms with Crippen LogP contribution in [0.5, 0.6) is 11.5 Å². The monoisotopic (exact) mass is 321 g/mol. The van der Waals surface area contributed by atoms with Gasteiger partial charge in [-0.3, -0.25) is 0 Å². The molecule has 0 unspecified atom stereocenters. The Morgan fingerprint density at radius 2 is 2.05 bits per heavy atom. The molecule has 2 aromatic carbocycles. The summed E-state index contributed by atoms with van der Waals surface area (Å²) in [5.41, 5.74) is 2.16. The average Bonchev–Trinajstić information content (AvgIpc) is 2.53. The molecule has 0 aromatic heterocycles. The van der Waals surface area contributed by atoms with Crippen molar-refractivity contribution in [2.75, 3.05) is 24.8 Å². The lowest BCUT2D eigenvalue weighted by Crippen LogP contribution is -2.16. The standard InChI is InChI=1S/C16H16ClNO2S/c1-21-13-4-2-3-12(9-13)18-10-11-7-14(17)16-15(8-11)19-5-6-20-16/h2-4,7-9,18H,5-6,10H2,1H3. The van der Waals surface area contributed by atoms with Gasteiger partial charge in [-0.2, -0.15) is 0 Å². The molecular formula is C16H16ClNO2S. The molecule has 2 aromatic rings. The van der Waals surface area contributed by atoms with Gasteiger partial charge in [-0.05, 0) is 42.2 Å². The fourth-order valence-electron chi connectivity index (χ4n) is 2.20. The quantitative estimate of drug-likeness (QED) is 0.843. The van der Waals surface area contributed by atoms with E-state index in [1.807, 2.05) is 18.2 Å². The molecule has 0 amide bonds. The molecule has 0 saturated carbocycles. The van der Waals surface area contributed by atoms with Crippen LogP contribution >= 0.6 is 23.4 Å². The van der Waals surface area contributed by atoms with Gasteiger partial charge in [0.25, 0.3) is 0 Å². The van der Waals surface area contributed by atoms with E-state index in [1.165, 1.54) is 4.90 Å². The maximum Gasteiger partial charge on any atom is 0.179 e. The van der Waals surface area contributed by atoms with E-state index in [9.17, 15) is 0 Å². The minimum atomic E-state index is 0.547. The van der Waals surface area contributed by atoms with Gasteiger partial charge >= 0.3 is 0 Å². The van der Waals surface area contributed by atoms with Crippen LogP contribution < -0.4 is 14.8 Å². The number of hydrogen-bond donors (Lipinski definition) is 1. The third-order valence-electron chi connectivity index (χ3n) is 3.22. The number of rotatable bonds is 4. The molecule has 1 N–H and O–H groups in total. The smallest absolute Gasteiger partial charge is 0.179 e. The molecule has 0 atom stereocenters. The SMILES string of the molecule is CSc1cccc(NCc2cc(Cl)c3c(c2)OCCO3)c1. The van der Waals surface area contributed by atoms with E-state index in [0.717, 1.165) is 17.0 Å². The van der Waals surface area contributed by atoms with E-state index in [4.69, 9.17) is 21.1 Å². The molecule has 1 aliphatic heterocycles. The van der Waals surface area contributed by atoms with Gasteiger partial charge in [-0.25, -0.2) is 0 Å². The van der Waals surface area contributed by atoms with Crippen LogP contribution in [0.2, 0.25) is 5.02 Å². The van der Waals surface area contributed by atoms with Crippen LogP contribution in [0.4, 0.5) is 5.69 Å². The van der Waals surface area contributed by atoms with Crippen molar-refractivity contribution in [2.24, 2.45) is 0 Å². The molecule has 1 heterocycles. The lowest BCUT2D eigenvalue weighted by atomic mass is 10.2. The second-order valence-electron chi connectivity index (χ2n) is 4.69. The molecular weight excluding hydrogens is 306 g/mol. The van der Waals surface area contributed by atoms with Crippen molar-refractivity contribution in [2.45, 2.75) is 11.4 Å². The van der Waals surface area contributed by atoms with Crippen molar-refractivity contribution in [3.63, 3.8) is 0 Å². The molecule has 110 valence electrons. The minimum Gasteiger partial charge on any atom is -0.486 e. The van der Waals surface area contributed by atoms with E-state index >= 15 is 0 Å². The highest BCUT2D eigenvalue weighted by Gasteiger charge is 2.16. The molecule has 21 heavy (non-hydrogen) atoms. The summed E-state index contributed by atoms with van der Waals surface area (Å²) in [5, 5.41) is 4.00. The van der Waals surface area contributed by atoms with Gasteiger partial charge in [0.1, 0.15) is 13.2 Å². The second kappa shape index (κ2) is 6.50. The minimum absolute atomic E-state index is 0.547. The van der Waals surface area contributed by atoms with Gasteiger partial charge in [0.05, 0.1) is 5.02 Å². The van der Waals surface area contributed by atoms with Gasteiger partial charge in [-0.1, -0.05) is 17.7 Å². The highest BCUT2D eigenvalue weighted by Crippen LogP contribution is 2.38. The largest absolute Gasteiger partial charge is 0.486 e. The number of hydrogen-bond acceptors (Lipinski definition) is 4. The number of anilines is 1. The Bertz CT molecular complexity index is 648. The summed E-state index contributed by atoms with van der Waals surface area (Å²) in [4.78, 5) is 1.24. The Kier molecular flexibility index (Phi) is 4.46. The summed E-state index contributed by atoms with van der Waals surface area (Å²) in [6.45, 7) is 1.80. The summed E-state index contributed by atoms with van der Waals surface area (Å²) in [7, 11) is 0.